The van der Waals surface area contributed by atoms with Gasteiger partial charge >= 0.3 is 0 Å². The molecule has 0 amide bonds. The van der Waals surface area contributed by atoms with E-state index in [4.69, 9.17) is 0 Å². The lowest BCUT2D eigenvalue weighted by molar-refractivity contribution is -0.0103. The van der Waals surface area contributed by atoms with Crippen molar-refractivity contribution in [3.63, 3.8) is 0 Å². The van der Waals surface area contributed by atoms with Gasteiger partial charge in [0.25, 0.3) is 0 Å². The van der Waals surface area contributed by atoms with Crippen LogP contribution in [0.2, 0.25) is 0 Å². The third-order valence-electron chi connectivity index (χ3n) is 4.75. The molecular weight excluding hydrogens is 248 g/mol. The van der Waals surface area contributed by atoms with E-state index >= 15 is 0 Å². The molecule has 1 aliphatic carbocycles. The molecule has 1 aromatic rings. The molecule has 1 saturated carbocycles. The normalized spacial score (nSPS) is 27.8. The first-order valence-corrected chi connectivity index (χ1v) is 7.65. The second-order valence-corrected chi connectivity index (χ2v) is 7.28. The Bertz CT molecular complexity index is 413. The summed E-state index contributed by atoms with van der Waals surface area (Å²) in [7, 11) is 2.12. The van der Waals surface area contributed by atoms with E-state index in [1.165, 1.54) is 5.56 Å². The Balaban J connectivity index is 2.02. The molecule has 0 aliphatic heterocycles. The second-order valence-electron chi connectivity index (χ2n) is 7.28. The van der Waals surface area contributed by atoms with Crippen molar-refractivity contribution in [1.29, 1.82) is 0 Å². The fraction of sp³-hybridized carbons (Fsp3) is 0.706. The van der Waals surface area contributed by atoms with Crippen molar-refractivity contribution in [3.8, 4) is 0 Å². The Hall–Kier alpha value is -0.930. The molecule has 0 aromatic carbocycles. The summed E-state index contributed by atoms with van der Waals surface area (Å²) in [6.07, 6.45) is 6.63. The van der Waals surface area contributed by atoms with Gasteiger partial charge in [-0.05, 0) is 55.3 Å². The quantitative estimate of drug-likeness (QED) is 0.921. The highest BCUT2D eigenvalue weighted by atomic mass is 16.3. The fourth-order valence-electron chi connectivity index (χ4n) is 3.28. The van der Waals surface area contributed by atoms with Gasteiger partial charge in [0.1, 0.15) is 0 Å². The number of rotatable bonds is 3. The van der Waals surface area contributed by atoms with Crippen molar-refractivity contribution < 1.29 is 5.11 Å². The van der Waals surface area contributed by atoms with Crippen molar-refractivity contribution in [3.05, 3.63) is 30.1 Å². The zero-order valence-corrected chi connectivity index (χ0v) is 13.2. The predicted octanol–water partition coefficient (Wildman–Crippen LogP) is 3.09. The van der Waals surface area contributed by atoms with Gasteiger partial charge in [-0.25, -0.2) is 0 Å². The fourth-order valence-corrected chi connectivity index (χ4v) is 3.28. The Kier molecular flexibility index (Phi) is 4.82. The molecule has 3 nitrogen and oxygen atoms in total. The number of likely N-dealkylation sites (N-methyl/N-ethyl adjacent to an activating group) is 1. The minimum atomic E-state index is -0.194. The van der Waals surface area contributed by atoms with Crippen LogP contribution in [0.25, 0.3) is 0 Å². The Morgan fingerprint density at radius 2 is 1.90 bits per heavy atom. The summed E-state index contributed by atoms with van der Waals surface area (Å²) in [4.78, 5) is 6.36. The standard InChI is InChI=1S/C17H28N2O/c1-17(2,3)14-5-6-16(20)15(11-14)19(4)12-13-7-9-18-10-8-13/h7-10,14-16,20H,5-6,11-12H2,1-4H3. The van der Waals surface area contributed by atoms with Crippen LogP contribution in [0.3, 0.4) is 0 Å². The van der Waals surface area contributed by atoms with Crippen molar-refractivity contribution in [2.24, 2.45) is 11.3 Å². The summed E-state index contributed by atoms with van der Waals surface area (Å²) >= 11 is 0. The van der Waals surface area contributed by atoms with Gasteiger partial charge in [-0.2, -0.15) is 0 Å². The van der Waals surface area contributed by atoms with Crippen molar-refractivity contribution in [2.45, 2.75) is 58.7 Å². The maximum absolute atomic E-state index is 10.3. The van der Waals surface area contributed by atoms with Gasteiger partial charge in [0.05, 0.1) is 6.10 Å². The number of nitrogens with zero attached hydrogens (tertiary/aromatic N) is 2. The van der Waals surface area contributed by atoms with Gasteiger partial charge in [-0.1, -0.05) is 20.8 Å². The average Bonchev–Trinajstić information content (AvgIpc) is 2.39. The molecule has 2 rings (SSSR count). The van der Waals surface area contributed by atoms with Gasteiger partial charge in [0, 0.05) is 25.0 Å². The molecule has 1 aliphatic rings. The predicted molar refractivity (Wildman–Crippen MR) is 82.3 cm³/mol. The van der Waals surface area contributed by atoms with Crippen LogP contribution < -0.4 is 0 Å². The number of aliphatic hydroxyl groups excluding tert-OH is 1. The molecule has 1 fully saturated rings. The molecule has 1 N–H and O–H groups in total. The van der Waals surface area contributed by atoms with Crippen LogP contribution in [-0.2, 0) is 6.54 Å². The lowest BCUT2D eigenvalue weighted by atomic mass is 9.70. The van der Waals surface area contributed by atoms with Crippen LogP contribution in [0.4, 0.5) is 0 Å². The second kappa shape index (κ2) is 6.23. The molecule has 3 atom stereocenters. The van der Waals surface area contributed by atoms with Crippen LogP contribution >= 0.6 is 0 Å². The average molecular weight is 276 g/mol. The van der Waals surface area contributed by atoms with E-state index in [-0.39, 0.29) is 12.1 Å². The molecule has 0 bridgehead atoms. The van der Waals surface area contributed by atoms with E-state index in [0.29, 0.717) is 11.3 Å². The van der Waals surface area contributed by atoms with Crippen LogP contribution in [0.15, 0.2) is 24.5 Å². The summed E-state index contributed by atoms with van der Waals surface area (Å²) in [5.41, 5.74) is 1.59. The van der Waals surface area contributed by atoms with E-state index in [9.17, 15) is 5.11 Å². The van der Waals surface area contributed by atoms with Crippen LogP contribution in [0, 0.1) is 11.3 Å². The Morgan fingerprint density at radius 1 is 1.25 bits per heavy atom. The topological polar surface area (TPSA) is 36.4 Å². The van der Waals surface area contributed by atoms with Crippen molar-refractivity contribution in [2.75, 3.05) is 7.05 Å². The molecule has 3 unspecified atom stereocenters. The van der Waals surface area contributed by atoms with E-state index in [0.717, 1.165) is 25.8 Å². The van der Waals surface area contributed by atoms with E-state index in [2.05, 4.69) is 37.7 Å². The lowest BCUT2D eigenvalue weighted by Gasteiger charge is -2.43. The van der Waals surface area contributed by atoms with Crippen LogP contribution in [0.1, 0.15) is 45.6 Å². The molecule has 1 heterocycles. The number of pyridine rings is 1. The molecule has 3 heteroatoms. The molecule has 0 radical (unpaired) electrons. The number of aliphatic hydroxyl groups is 1. The molecular formula is C17H28N2O. The first-order valence-electron chi connectivity index (χ1n) is 7.65. The third kappa shape index (κ3) is 3.80. The Labute approximate surface area is 123 Å². The third-order valence-corrected chi connectivity index (χ3v) is 4.75. The van der Waals surface area contributed by atoms with Crippen molar-refractivity contribution >= 4 is 0 Å². The monoisotopic (exact) mass is 276 g/mol. The summed E-state index contributed by atoms with van der Waals surface area (Å²) in [6.45, 7) is 7.82. The highest BCUT2D eigenvalue weighted by Gasteiger charge is 2.36. The molecule has 1 aromatic heterocycles. The first kappa shape index (κ1) is 15.5. The Morgan fingerprint density at radius 3 is 2.50 bits per heavy atom. The van der Waals surface area contributed by atoms with Gasteiger partial charge in [-0.15, -0.1) is 0 Å². The number of hydrogen-bond donors (Lipinski definition) is 1. The van der Waals surface area contributed by atoms with Gasteiger partial charge in [-0.3, -0.25) is 9.88 Å². The van der Waals surface area contributed by atoms with Gasteiger partial charge in [0.15, 0.2) is 0 Å². The highest BCUT2D eigenvalue weighted by Crippen LogP contribution is 2.39. The molecule has 0 spiro atoms. The highest BCUT2D eigenvalue weighted by molar-refractivity contribution is 5.09. The van der Waals surface area contributed by atoms with E-state index < -0.39 is 0 Å². The largest absolute Gasteiger partial charge is 0.391 e. The van der Waals surface area contributed by atoms with Gasteiger partial charge < -0.3 is 5.11 Å². The van der Waals surface area contributed by atoms with Gasteiger partial charge in [0.2, 0.25) is 0 Å². The minimum absolute atomic E-state index is 0.194. The zero-order chi connectivity index (χ0) is 14.8. The summed E-state index contributed by atoms with van der Waals surface area (Å²) in [6, 6.07) is 4.36. The number of hydrogen-bond acceptors (Lipinski definition) is 3. The van der Waals surface area contributed by atoms with E-state index in [1.54, 1.807) is 0 Å². The molecule has 20 heavy (non-hydrogen) atoms. The summed E-state index contributed by atoms with van der Waals surface area (Å²) in [5, 5.41) is 10.3. The van der Waals surface area contributed by atoms with Crippen molar-refractivity contribution in [1.82, 2.24) is 9.88 Å². The summed E-state index contributed by atoms with van der Waals surface area (Å²) in [5.74, 6) is 0.691. The maximum Gasteiger partial charge on any atom is 0.0695 e. The van der Waals surface area contributed by atoms with E-state index in [1.807, 2.05) is 24.5 Å². The van der Waals surface area contributed by atoms with Crippen LogP contribution in [0.5, 0.6) is 0 Å². The molecule has 112 valence electrons. The smallest absolute Gasteiger partial charge is 0.0695 e. The summed E-state index contributed by atoms with van der Waals surface area (Å²) < 4.78 is 0. The maximum atomic E-state index is 10.3. The zero-order valence-electron chi connectivity index (χ0n) is 13.2. The minimum Gasteiger partial charge on any atom is -0.391 e. The van der Waals surface area contributed by atoms with Crippen LogP contribution in [-0.4, -0.2) is 34.2 Å². The first-order chi connectivity index (χ1) is 9.38. The SMILES string of the molecule is CN(Cc1ccncc1)C1CC(C(C)(C)C)CCC1O. The number of aromatic nitrogens is 1. The lowest BCUT2D eigenvalue weighted by Crippen LogP contribution is -2.47. The molecule has 0 saturated heterocycles.